The molecule has 5 heteroatoms. The van der Waals surface area contributed by atoms with Crippen LogP contribution in [0.4, 0.5) is 0 Å². The standard InChI is InChI=1S/C14H29N3O2/c1-14(2,3)10-12(11-15)13(19)17-6-4-16(5-7-17)8-9-18/h12,18H,4-11,15H2,1-3H3. The predicted octanol–water partition coefficient (Wildman–Crippen LogP) is 0.134. The Kier molecular flexibility index (Phi) is 6.23. The number of piperazine rings is 1. The van der Waals surface area contributed by atoms with E-state index in [9.17, 15) is 4.79 Å². The van der Waals surface area contributed by atoms with E-state index in [-0.39, 0.29) is 23.8 Å². The van der Waals surface area contributed by atoms with Crippen LogP contribution >= 0.6 is 0 Å². The zero-order valence-electron chi connectivity index (χ0n) is 12.6. The molecular weight excluding hydrogens is 242 g/mol. The molecule has 0 aromatic rings. The number of amides is 1. The van der Waals surface area contributed by atoms with Crippen LogP contribution in [0.2, 0.25) is 0 Å². The number of carbonyl (C=O) groups is 1. The van der Waals surface area contributed by atoms with Gasteiger partial charge < -0.3 is 15.7 Å². The Morgan fingerprint density at radius 2 is 1.84 bits per heavy atom. The second-order valence-corrected chi connectivity index (χ2v) is 6.59. The minimum Gasteiger partial charge on any atom is -0.395 e. The Balaban J connectivity index is 2.48. The first kappa shape index (κ1) is 16.4. The number of carbonyl (C=O) groups excluding carboxylic acids is 1. The molecule has 1 atom stereocenters. The van der Waals surface area contributed by atoms with Crippen molar-refractivity contribution in [2.45, 2.75) is 27.2 Å². The smallest absolute Gasteiger partial charge is 0.227 e. The summed E-state index contributed by atoms with van der Waals surface area (Å²) in [5.74, 6) is 0.130. The maximum Gasteiger partial charge on any atom is 0.227 e. The van der Waals surface area contributed by atoms with Gasteiger partial charge in [-0.1, -0.05) is 20.8 Å². The zero-order valence-corrected chi connectivity index (χ0v) is 12.6. The molecule has 0 aromatic carbocycles. The van der Waals surface area contributed by atoms with Gasteiger partial charge in [0.05, 0.1) is 12.5 Å². The van der Waals surface area contributed by atoms with E-state index in [0.29, 0.717) is 13.1 Å². The quantitative estimate of drug-likeness (QED) is 0.746. The molecule has 3 N–H and O–H groups in total. The van der Waals surface area contributed by atoms with Crippen LogP contribution in [-0.4, -0.2) is 66.7 Å². The molecular formula is C14H29N3O2. The highest BCUT2D eigenvalue weighted by molar-refractivity contribution is 5.79. The molecule has 0 aliphatic carbocycles. The van der Waals surface area contributed by atoms with E-state index in [1.54, 1.807) is 0 Å². The van der Waals surface area contributed by atoms with Crippen molar-refractivity contribution in [2.75, 3.05) is 45.9 Å². The van der Waals surface area contributed by atoms with Gasteiger partial charge in [0, 0.05) is 39.3 Å². The summed E-state index contributed by atoms with van der Waals surface area (Å²) in [4.78, 5) is 16.6. The first-order chi connectivity index (χ1) is 8.87. The molecule has 1 rings (SSSR count). The number of hydrogen-bond donors (Lipinski definition) is 2. The minimum atomic E-state index is -0.0654. The second-order valence-electron chi connectivity index (χ2n) is 6.59. The summed E-state index contributed by atoms with van der Waals surface area (Å²) < 4.78 is 0. The summed E-state index contributed by atoms with van der Waals surface area (Å²) in [6.45, 7) is 10.9. The van der Waals surface area contributed by atoms with E-state index in [0.717, 1.165) is 32.6 Å². The number of nitrogens with zero attached hydrogens (tertiary/aromatic N) is 2. The third kappa shape index (κ3) is 5.47. The lowest BCUT2D eigenvalue weighted by molar-refractivity contribution is -0.138. The van der Waals surface area contributed by atoms with Gasteiger partial charge >= 0.3 is 0 Å². The number of rotatable bonds is 5. The molecule has 0 radical (unpaired) electrons. The maximum absolute atomic E-state index is 12.4. The topological polar surface area (TPSA) is 69.8 Å². The number of aliphatic hydroxyl groups excluding tert-OH is 1. The number of nitrogens with two attached hydrogens (primary N) is 1. The van der Waals surface area contributed by atoms with Gasteiger partial charge in [0.25, 0.3) is 0 Å². The summed E-state index contributed by atoms with van der Waals surface area (Å²) in [6, 6.07) is 0. The average molecular weight is 271 g/mol. The number of hydrogen-bond acceptors (Lipinski definition) is 4. The van der Waals surface area contributed by atoms with Crippen LogP contribution in [0.1, 0.15) is 27.2 Å². The van der Waals surface area contributed by atoms with Crippen LogP contribution in [0.3, 0.4) is 0 Å². The molecule has 0 bridgehead atoms. The van der Waals surface area contributed by atoms with Gasteiger partial charge in [0.1, 0.15) is 0 Å². The highest BCUT2D eigenvalue weighted by atomic mass is 16.3. The Hall–Kier alpha value is -0.650. The monoisotopic (exact) mass is 271 g/mol. The van der Waals surface area contributed by atoms with E-state index < -0.39 is 0 Å². The summed E-state index contributed by atoms with van der Waals surface area (Å²) in [5.41, 5.74) is 5.89. The third-order valence-electron chi connectivity index (χ3n) is 3.59. The van der Waals surface area contributed by atoms with Gasteiger partial charge in [-0.25, -0.2) is 0 Å². The van der Waals surface area contributed by atoms with Crippen LogP contribution in [0.5, 0.6) is 0 Å². The zero-order chi connectivity index (χ0) is 14.5. The first-order valence-electron chi connectivity index (χ1n) is 7.19. The minimum absolute atomic E-state index is 0.0654. The molecule has 1 unspecified atom stereocenters. The third-order valence-corrected chi connectivity index (χ3v) is 3.59. The van der Waals surface area contributed by atoms with Crippen LogP contribution in [-0.2, 0) is 4.79 Å². The van der Waals surface area contributed by atoms with Gasteiger partial charge in [0.15, 0.2) is 0 Å². The summed E-state index contributed by atoms with van der Waals surface area (Å²) in [6.07, 6.45) is 0.833. The fourth-order valence-corrected chi connectivity index (χ4v) is 2.60. The van der Waals surface area contributed by atoms with Crippen molar-refractivity contribution < 1.29 is 9.90 Å². The first-order valence-corrected chi connectivity index (χ1v) is 7.19. The molecule has 1 heterocycles. The largest absolute Gasteiger partial charge is 0.395 e. The van der Waals surface area contributed by atoms with Crippen LogP contribution in [0.25, 0.3) is 0 Å². The van der Waals surface area contributed by atoms with E-state index >= 15 is 0 Å². The van der Waals surface area contributed by atoms with Gasteiger partial charge in [0.2, 0.25) is 5.91 Å². The van der Waals surface area contributed by atoms with Crippen molar-refractivity contribution in [3.63, 3.8) is 0 Å². The lowest BCUT2D eigenvalue weighted by Crippen LogP contribution is -2.52. The van der Waals surface area contributed by atoms with Gasteiger partial charge in [-0.3, -0.25) is 9.69 Å². The second kappa shape index (κ2) is 7.22. The number of β-amino-alcohol motifs (C(OH)–C–C–N with tert-alkyl or cyclic N) is 1. The molecule has 1 amide bonds. The Bertz CT molecular complexity index is 281. The lowest BCUT2D eigenvalue weighted by Gasteiger charge is -2.37. The summed E-state index contributed by atoms with van der Waals surface area (Å²) in [7, 11) is 0. The van der Waals surface area contributed by atoms with Gasteiger partial charge in [-0.2, -0.15) is 0 Å². The molecule has 0 aromatic heterocycles. The highest BCUT2D eigenvalue weighted by Gasteiger charge is 2.29. The van der Waals surface area contributed by atoms with Gasteiger partial charge in [-0.15, -0.1) is 0 Å². The van der Waals surface area contributed by atoms with Crippen molar-refractivity contribution in [1.82, 2.24) is 9.80 Å². The van der Waals surface area contributed by atoms with Crippen LogP contribution < -0.4 is 5.73 Å². The average Bonchev–Trinajstić information content (AvgIpc) is 2.35. The Morgan fingerprint density at radius 1 is 1.26 bits per heavy atom. The number of aliphatic hydroxyl groups is 1. The summed E-state index contributed by atoms with van der Waals surface area (Å²) >= 11 is 0. The predicted molar refractivity (Wildman–Crippen MR) is 76.7 cm³/mol. The van der Waals surface area contributed by atoms with Gasteiger partial charge in [-0.05, 0) is 11.8 Å². The highest BCUT2D eigenvalue weighted by Crippen LogP contribution is 2.25. The van der Waals surface area contributed by atoms with E-state index in [1.165, 1.54) is 0 Å². The normalized spacial score (nSPS) is 19.5. The lowest BCUT2D eigenvalue weighted by atomic mass is 9.84. The molecule has 1 saturated heterocycles. The van der Waals surface area contributed by atoms with Crippen molar-refractivity contribution in [1.29, 1.82) is 0 Å². The summed E-state index contributed by atoms with van der Waals surface area (Å²) in [5, 5.41) is 8.91. The van der Waals surface area contributed by atoms with Crippen molar-refractivity contribution in [3.8, 4) is 0 Å². The van der Waals surface area contributed by atoms with Crippen LogP contribution in [0.15, 0.2) is 0 Å². The fourth-order valence-electron chi connectivity index (χ4n) is 2.60. The molecule has 1 aliphatic heterocycles. The Morgan fingerprint density at radius 3 is 2.26 bits per heavy atom. The molecule has 19 heavy (non-hydrogen) atoms. The molecule has 5 nitrogen and oxygen atoms in total. The molecule has 0 spiro atoms. The van der Waals surface area contributed by atoms with Crippen molar-refractivity contribution in [2.24, 2.45) is 17.1 Å². The maximum atomic E-state index is 12.4. The fraction of sp³-hybridized carbons (Fsp3) is 0.929. The molecule has 0 saturated carbocycles. The Labute approximate surface area is 116 Å². The SMILES string of the molecule is CC(C)(C)CC(CN)C(=O)N1CCN(CCO)CC1. The van der Waals surface area contributed by atoms with E-state index in [4.69, 9.17) is 10.8 Å². The molecule has 1 fully saturated rings. The molecule has 1 aliphatic rings. The van der Waals surface area contributed by atoms with Crippen molar-refractivity contribution >= 4 is 5.91 Å². The van der Waals surface area contributed by atoms with E-state index in [1.807, 2.05) is 4.90 Å². The van der Waals surface area contributed by atoms with Crippen LogP contribution in [0, 0.1) is 11.3 Å². The van der Waals surface area contributed by atoms with Crippen molar-refractivity contribution in [3.05, 3.63) is 0 Å². The van der Waals surface area contributed by atoms with E-state index in [2.05, 4.69) is 25.7 Å². The molecule has 112 valence electrons.